The van der Waals surface area contributed by atoms with Crippen LogP contribution in [0.5, 0.6) is 5.75 Å². The molecule has 0 aliphatic heterocycles. The van der Waals surface area contributed by atoms with Gasteiger partial charge in [0.15, 0.2) is 0 Å². The fraction of sp³-hybridized carbons (Fsp3) is 0.333. The maximum atomic E-state index is 5.61. The molecule has 1 fully saturated rings. The molecule has 0 radical (unpaired) electrons. The fourth-order valence-corrected chi connectivity index (χ4v) is 1.07. The van der Waals surface area contributed by atoms with Gasteiger partial charge >= 0.3 is 0 Å². The number of ether oxygens (including phenoxy) is 1. The van der Waals surface area contributed by atoms with Gasteiger partial charge in [0, 0.05) is 0 Å². The van der Waals surface area contributed by atoms with Crippen LogP contribution in [0.2, 0.25) is 0 Å². The summed E-state index contributed by atoms with van der Waals surface area (Å²) in [4.78, 5) is 0. The van der Waals surface area contributed by atoms with Crippen LogP contribution >= 0.6 is 0 Å². The maximum Gasteiger partial charge on any atom is 0.139 e. The van der Waals surface area contributed by atoms with E-state index in [1.807, 2.05) is 12.1 Å². The highest BCUT2D eigenvalue weighted by molar-refractivity contribution is 6.32. The highest BCUT2D eigenvalue weighted by Gasteiger charge is 2.23. The van der Waals surface area contributed by atoms with Gasteiger partial charge in [0.05, 0.1) is 6.10 Å². The van der Waals surface area contributed by atoms with Crippen molar-refractivity contribution in [3.8, 4) is 5.75 Å². The van der Waals surface area contributed by atoms with Crippen LogP contribution in [0.15, 0.2) is 24.3 Å². The van der Waals surface area contributed by atoms with Gasteiger partial charge in [-0.3, -0.25) is 0 Å². The Morgan fingerprint density at radius 3 is 2.82 bits per heavy atom. The van der Waals surface area contributed by atoms with E-state index in [0.717, 1.165) is 5.75 Å². The SMILES string of the molecule is Bc1cccc(OC2CC2)c1. The van der Waals surface area contributed by atoms with E-state index in [-0.39, 0.29) is 0 Å². The van der Waals surface area contributed by atoms with Gasteiger partial charge in [-0.1, -0.05) is 17.6 Å². The molecule has 1 nitrogen and oxygen atoms in total. The Balaban J connectivity index is 2.10. The Morgan fingerprint density at radius 1 is 1.36 bits per heavy atom. The Hall–Kier alpha value is -0.915. The molecular formula is C9H11BO. The molecule has 11 heavy (non-hydrogen) atoms. The molecule has 1 aliphatic carbocycles. The second-order valence-corrected chi connectivity index (χ2v) is 3.13. The van der Waals surface area contributed by atoms with Gasteiger partial charge in [0.2, 0.25) is 0 Å². The highest BCUT2D eigenvalue weighted by Crippen LogP contribution is 2.25. The topological polar surface area (TPSA) is 9.23 Å². The van der Waals surface area contributed by atoms with Gasteiger partial charge in [-0.15, -0.1) is 0 Å². The van der Waals surface area contributed by atoms with Crippen molar-refractivity contribution in [2.45, 2.75) is 18.9 Å². The molecule has 0 heterocycles. The Labute approximate surface area is 67.8 Å². The molecular weight excluding hydrogens is 135 g/mol. The summed E-state index contributed by atoms with van der Waals surface area (Å²) in [6.07, 6.45) is 2.97. The zero-order valence-electron chi connectivity index (χ0n) is 6.71. The van der Waals surface area contributed by atoms with Crippen molar-refractivity contribution in [2.75, 3.05) is 0 Å². The predicted octanol–water partition coefficient (Wildman–Crippen LogP) is 0.486. The van der Waals surface area contributed by atoms with E-state index in [2.05, 4.69) is 20.0 Å². The van der Waals surface area contributed by atoms with E-state index in [1.54, 1.807) is 0 Å². The summed E-state index contributed by atoms with van der Waals surface area (Å²) in [7, 11) is 2.08. The molecule has 1 aromatic carbocycles. The average molecular weight is 146 g/mol. The standard InChI is InChI=1S/C9H11BO/c10-7-2-1-3-9(6-7)11-8-4-5-8/h1-3,6,8H,4-5,10H2. The molecule has 0 atom stereocenters. The second-order valence-electron chi connectivity index (χ2n) is 3.13. The molecule has 1 aromatic rings. The van der Waals surface area contributed by atoms with E-state index in [0.29, 0.717) is 6.10 Å². The Bertz CT molecular complexity index is 255. The zero-order valence-corrected chi connectivity index (χ0v) is 6.71. The van der Waals surface area contributed by atoms with Crippen molar-refractivity contribution in [3.63, 3.8) is 0 Å². The minimum Gasteiger partial charge on any atom is -0.490 e. The van der Waals surface area contributed by atoms with Crippen molar-refractivity contribution < 1.29 is 4.74 Å². The quantitative estimate of drug-likeness (QED) is 0.551. The Kier molecular flexibility index (Phi) is 1.61. The van der Waals surface area contributed by atoms with E-state index in [4.69, 9.17) is 4.74 Å². The van der Waals surface area contributed by atoms with Crippen LogP contribution in [0.25, 0.3) is 0 Å². The van der Waals surface area contributed by atoms with Gasteiger partial charge in [-0.05, 0) is 25.0 Å². The largest absolute Gasteiger partial charge is 0.490 e. The van der Waals surface area contributed by atoms with E-state index < -0.39 is 0 Å². The summed E-state index contributed by atoms with van der Waals surface area (Å²) in [5.41, 5.74) is 1.27. The molecule has 56 valence electrons. The summed E-state index contributed by atoms with van der Waals surface area (Å²) >= 11 is 0. The third kappa shape index (κ3) is 1.76. The van der Waals surface area contributed by atoms with Gasteiger partial charge in [0.25, 0.3) is 0 Å². The summed E-state index contributed by atoms with van der Waals surface area (Å²) in [5, 5.41) is 0. The van der Waals surface area contributed by atoms with Gasteiger partial charge in [-0.2, -0.15) is 0 Å². The third-order valence-corrected chi connectivity index (χ3v) is 1.82. The molecule has 1 aliphatic rings. The van der Waals surface area contributed by atoms with Gasteiger partial charge < -0.3 is 4.74 Å². The molecule has 2 rings (SSSR count). The van der Waals surface area contributed by atoms with E-state index >= 15 is 0 Å². The number of hydrogen-bond acceptors (Lipinski definition) is 1. The monoisotopic (exact) mass is 146 g/mol. The summed E-state index contributed by atoms with van der Waals surface area (Å²) in [6, 6.07) is 8.22. The van der Waals surface area contributed by atoms with Crippen molar-refractivity contribution in [1.82, 2.24) is 0 Å². The van der Waals surface area contributed by atoms with Crippen molar-refractivity contribution in [1.29, 1.82) is 0 Å². The second kappa shape index (κ2) is 2.61. The smallest absolute Gasteiger partial charge is 0.139 e. The van der Waals surface area contributed by atoms with E-state index in [1.165, 1.54) is 18.3 Å². The van der Waals surface area contributed by atoms with Crippen LogP contribution < -0.4 is 10.2 Å². The first-order chi connectivity index (χ1) is 5.34. The molecule has 0 aromatic heterocycles. The molecule has 0 saturated heterocycles. The third-order valence-electron chi connectivity index (χ3n) is 1.82. The summed E-state index contributed by atoms with van der Waals surface area (Å²) < 4.78 is 5.61. The molecule has 0 bridgehead atoms. The molecule has 1 saturated carbocycles. The summed E-state index contributed by atoms with van der Waals surface area (Å²) in [5.74, 6) is 1.02. The maximum absolute atomic E-state index is 5.61. The highest BCUT2D eigenvalue weighted by atomic mass is 16.5. The van der Waals surface area contributed by atoms with Crippen LogP contribution in [-0.2, 0) is 0 Å². The molecule has 2 heteroatoms. The van der Waals surface area contributed by atoms with Crippen LogP contribution in [0.3, 0.4) is 0 Å². The molecule has 0 unspecified atom stereocenters. The minimum atomic E-state index is 0.511. The number of rotatable bonds is 2. The van der Waals surface area contributed by atoms with Gasteiger partial charge in [-0.25, -0.2) is 0 Å². The molecule has 0 amide bonds. The lowest BCUT2D eigenvalue weighted by molar-refractivity contribution is 0.303. The lowest BCUT2D eigenvalue weighted by Gasteiger charge is -2.03. The average Bonchev–Trinajstić information content (AvgIpc) is 2.71. The lowest BCUT2D eigenvalue weighted by Crippen LogP contribution is -2.03. The lowest BCUT2D eigenvalue weighted by atomic mass is 9.96. The molecule has 0 N–H and O–H groups in total. The normalized spacial score (nSPS) is 16.4. The van der Waals surface area contributed by atoms with E-state index in [9.17, 15) is 0 Å². The predicted molar refractivity (Wildman–Crippen MR) is 48.3 cm³/mol. The van der Waals surface area contributed by atoms with Crippen LogP contribution in [0.1, 0.15) is 12.8 Å². The van der Waals surface area contributed by atoms with Crippen molar-refractivity contribution in [3.05, 3.63) is 24.3 Å². The number of hydrogen-bond donors (Lipinski definition) is 0. The van der Waals surface area contributed by atoms with Crippen LogP contribution in [-0.4, -0.2) is 14.0 Å². The number of benzene rings is 1. The molecule has 0 spiro atoms. The first kappa shape index (κ1) is 6.77. The fourth-order valence-electron chi connectivity index (χ4n) is 1.07. The van der Waals surface area contributed by atoms with Crippen molar-refractivity contribution >= 4 is 13.3 Å². The van der Waals surface area contributed by atoms with Crippen LogP contribution in [0.4, 0.5) is 0 Å². The first-order valence-corrected chi connectivity index (χ1v) is 4.08. The van der Waals surface area contributed by atoms with Crippen LogP contribution in [0, 0.1) is 0 Å². The van der Waals surface area contributed by atoms with Crippen molar-refractivity contribution in [2.24, 2.45) is 0 Å². The van der Waals surface area contributed by atoms with Gasteiger partial charge in [0.1, 0.15) is 13.6 Å². The first-order valence-electron chi connectivity index (χ1n) is 4.08. The Morgan fingerprint density at radius 2 is 2.18 bits per heavy atom. The minimum absolute atomic E-state index is 0.511. The summed E-state index contributed by atoms with van der Waals surface area (Å²) in [6.45, 7) is 0. The zero-order chi connectivity index (χ0) is 7.68.